The van der Waals surface area contributed by atoms with Gasteiger partial charge in [-0.15, -0.1) is 0 Å². The number of carbonyl (C=O) groups excluding carboxylic acids is 2. The normalized spacial score (nSPS) is 10.5. The highest BCUT2D eigenvalue weighted by Crippen LogP contribution is 2.16. The van der Waals surface area contributed by atoms with Crippen LogP contribution >= 0.6 is 11.6 Å². The Morgan fingerprint density at radius 3 is 2.68 bits per heavy atom. The quantitative estimate of drug-likeness (QED) is 0.826. The minimum absolute atomic E-state index is 0.0297. The molecular weight excluding hydrogens is 302 g/mol. The maximum absolute atomic E-state index is 11.8. The highest BCUT2D eigenvalue weighted by Gasteiger charge is 2.12. The minimum Gasteiger partial charge on any atom is -0.466 e. The summed E-state index contributed by atoms with van der Waals surface area (Å²) in [7, 11) is 0. The van der Waals surface area contributed by atoms with Crippen molar-refractivity contribution in [3.8, 4) is 0 Å². The van der Waals surface area contributed by atoms with E-state index in [2.05, 4.69) is 5.32 Å². The van der Waals surface area contributed by atoms with Gasteiger partial charge in [0.05, 0.1) is 5.56 Å². The number of ketones is 1. The zero-order chi connectivity index (χ0) is 16.1. The number of rotatable bonds is 6. The molecule has 1 aromatic carbocycles. The Bertz CT molecular complexity index is 691. The number of hydrogen-bond donors (Lipinski definition) is 1. The molecule has 0 fully saturated rings. The molecule has 1 amide bonds. The molecule has 116 valence electrons. The fourth-order valence-electron chi connectivity index (χ4n) is 2.19. The number of hydrogen-bond acceptors (Lipinski definition) is 3. The highest BCUT2D eigenvalue weighted by molar-refractivity contribution is 6.30. The van der Waals surface area contributed by atoms with Crippen LogP contribution in [0.1, 0.15) is 40.8 Å². The lowest BCUT2D eigenvalue weighted by molar-refractivity contribution is -0.121. The zero-order valence-corrected chi connectivity index (χ0v) is 13.4. The van der Waals surface area contributed by atoms with E-state index >= 15 is 0 Å². The summed E-state index contributed by atoms with van der Waals surface area (Å²) in [4.78, 5) is 23.2. The Labute approximate surface area is 134 Å². The SMILES string of the molecule is CC(=O)c1cc(CCC(=O)NCc2cccc(Cl)c2)oc1C. The molecule has 1 aromatic heterocycles. The van der Waals surface area contributed by atoms with Gasteiger partial charge in [-0.25, -0.2) is 0 Å². The van der Waals surface area contributed by atoms with E-state index in [0.29, 0.717) is 41.5 Å². The number of nitrogens with one attached hydrogen (secondary N) is 1. The van der Waals surface area contributed by atoms with Gasteiger partial charge in [0.15, 0.2) is 5.78 Å². The van der Waals surface area contributed by atoms with E-state index in [1.54, 1.807) is 19.1 Å². The number of amides is 1. The van der Waals surface area contributed by atoms with Crippen LogP contribution in [0.25, 0.3) is 0 Å². The average Bonchev–Trinajstić information content (AvgIpc) is 2.84. The Morgan fingerprint density at radius 1 is 1.27 bits per heavy atom. The van der Waals surface area contributed by atoms with E-state index < -0.39 is 0 Å². The lowest BCUT2D eigenvalue weighted by atomic mass is 10.1. The summed E-state index contributed by atoms with van der Waals surface area (Å²) in [6.07, 6.45) is 0.778. The van der Waals surface area contributed by atoms with Crippen molar-refractivity contribution < 1.29 is 14.0 Å². The molecule has 0 saturated carbocycles. The van der Waals surface area contributed by atoms with Crippen LogP contribution in [0.4, 0.5) is 0 Å². The van der Waals surface area contributed by atoms with Gasteiger partial charge < -0.3 is 9.73 Å². The van der Waals surface area contributed by atoms with Crippen LogP contribution in [-0.2, 0) is 17.8 Å². The average molecular weight is 320 g/mol. The Morgan fingerprint density at radius 2 is 2.05 bits per heavy atom. The zero-order valence-electron chi connectivity index (χ0n) is 12.6. The van der Waals surface area contributed by atoms with Crippen molar-refractivity contribution in [2.75, 3.05) is 0 Å². The van der Waals surface area contributed by atoms with Crippen molar-refractivity contribution in [3.05, 3.63) is 58.0 Å². The molecule has 0 aliphatic rings. The van der Waals surface area contributed by atoms with Crippen LogP contribution in [0, 0.1) is 6.92 Å². The van der Waals surface area contributed by atoms with Crippen molar-refractivity contribution in [2.24, 2.45) is 0 Å². The highest BCUT2D eigenvalue weighted by atomic mass is 35.5. The molecule has 1 N–H and O–H groups in total. The smallest absolute Gasteiger partial charge is 0.220 e. The fraction of sp³-hybridized carbons (Fsp3) is 0.294. The molecular formula is C17H18ClNO3. The number of aryl methyl sites for hydroxylation is 2. The summed E-state index contributed by atoms with van der Waals surface area (Å²) in [5, 5.41) is 3.48. The number of Topliss-reactive ketones (excluding diaryl/α,β-unsaturated/α-hetero) is 1. The predicted octanol–water partition coefficient (Wildman–Crippen LogP) is 3.69. The molecule has 0 aliphatic carbocycles. The Balaban J connectivity index is 1.83. The third-order valence-electron chi connectivity index (χ3n) is 3.33. The monoisotopic (exact) mass is 319 g/mol. The summed E-state index contributed by atoms with van der Waals surface area (Å²) in [6, 6.07) is 9.07. The summed E-state index contributed by atoms with van der Waals surface area (Å²) in [5.41, 5.74) is 1.53. The first kappa shape index (κ1) is 16.3. The molecule has 4 nitrogen and oxygen atoms in total. The van der Waals surface area contributed by atoms with Gasteiger partial charge in [0.2, 0.25) is 5.91 Å². The topological polar surface area (TPSA) is 59.3 Å². The van der Waals surface area contributed by atoms with Gasteiger partial charge in [0, 0.05) is 24.4 Å². The van der Waals surface area contributed by atoms with Gasteiger partial charge in [-0.05, 0) is 37.6 Å². The van der Waals surface area contributed by atoms with Crippen LogP contribution in [-0.4, -0.2) is 11.7 Å². The lowest BCUT2D eigenvalue weighted by Crippen LogP contribution is -2.22. The molecule has 0 aliphatic heterocycles. The number of benzene rings is 1. The van der Waals surface area contributed by atoms with E-state index in [0.717, 1.165) is 5.56 Å². The third-order valence-corrected chi connectivity index (χ3v) is 3.56. The van der Waals surface area contributed by atoms with Crippen molar-refractivity contribution >= 4 is 23.3 Å². The van der Waals surface area contributed by atoms with Crippen molar-refractivity contribution in [1.29, 1.82) is 0 Å². The van der Waals surface area contributed by atoms with Crippen molar-refractivity contribution in [1.82, 2.24) is 5.32 Å². The van der Waals surface area contributed by atoms with E-state index in [4.69, 9.17) is 16.0 Å². The molecule has 2 rings (SSSR count). The maximum atomic E-state index is 11.8. The molecule has 0 unspecified atom stereocenters. The number of furan rings is 1. The Hall–Kier alpha value is -2.07. The van der Waals surface area contributed by atoms with Gasteiger partial charge in [-0.3, -0.25) is 9.59 Å². The molecule has 1 heterocycles. The third kappa shape index (κ3) is 4.46. The van der Waals surface area contributed by atoms with Crippen molar-refractivity contribution in [3.63, 3.8) is 0 Å². The van der Waals surface area contributed by atoms with Gasteiger partial charge in [0.1, 0.15) is 11.5 Å². The second-order valence-corrected chi connectivity index (χ2v) is 5.58. The largest absolute Gasteiger partial charge is 0.466 e. The molecule has 0 atom stereocenters. The first-order chi connectivity index (χ1) is 10.5. The predicted molar refractivity (Wildman–Crippen MR) is 85.1 cm³/mol. The van der Waals surface area contributed by atoms with E-state index in [1.165, 1.54) is 6.92 Å². The second-order valence-electron chi connectivity index (χ2n) is 5.15. The van der Waals surface area contributed by atoms with Crippen LogP contribution in [0.5, 0.6) is 0 Å². The summed E-state index contributed by atoms with van der Waals surface area (Å²) in [6.45, 7) is 3.69. The van der Waals surface area contributed by atoms with E-state index in [-0.39, 0.29) is 11.7 Å². The van der Waals surface area contributed by atoms with Crippen LogP contribution < -0.4 is 5.32 Å². The van der Waals surface area contributed by atoms with Gasteiger partial charge in [-0.1, -0.05) is 23.7 Å². The molecule has 0 spiro atoms. The first-order valence-corrected chi connectivity index (χ1v) is 7.45. The summed E-state index contributed by atoms with van der Waals surface area (Å²) in [5.74, 6) is 1.15. The summed E-state index contributed by atoms with van der Waals surface area (Å²) < 4.78 is 5.49. The minimum atomic E-state index is -0.0709. The standard InChI is InChI=1S/C17H18ClNO3/c1-11(20)16-9-15(22-12(16)2)6-7-17(21)19-10-13-4-3-5-14(18)8-13/h3-5,8-9H,6-7,10H2,1-2H3,(H,19,21). The van der Waals surface area contributed by atoms with Gasteiger partial charge in [0.25, 0.3) is 0 Å². The lowest BCUT2D eigenvalue weighted by Gasteiger charge is -2.05. The maximum Gasteiger partial charge on any atom is 0.220 e. The van der Waals surface area contributed by atoms with E-state index in [1.807, 2.05) is 18.2 Å². The molecule has 2 aromatic rings. The second kappa shape index (κ2) is 7.27. The van der Waals surface area contributed by atoms with Crippen LogP contribution in [0.2, 0.25) is 5.02 Å². The molecule has 0 radical (unpaired) electrons. The van der Waals surface area contributed by atoms with Crippen LogP contribution in [0.3, 0.4) is 0 Å². The van der Waals surface area contributed by atoms with Crippen molar-refractivity contribution in [2.45, 2.75) is 33.2 Å². The molecule has 0 saturated heterocycles. The molecule has 22 heavy (non-hydrogen) atoms. The Kier molecular flexibility index (Phi) is 5.39. The van der Waals surface area contributed by atoms with Gasteiger partial charge >= 0.3 is 0 Å². The molecule has 5 heteroatoms. The fourth-order valence-corrected chi connectivity index (χ4v) is 2.40. The first-order valence-electron chi connectivity index (χ1n) is 7.07. The van der Waals surface area contributed by atoms with Crippen LogP contribution in [0.15, 0.2) is 34.7 Å². The van der Waals surface area contributed by atoms with E-state index in [9.17, 15) is 9.59 Å². The molecule has 0 bridgehead atoms. The number of halogens is 1. The summed E-state index contributed by atoms with van der Waals surface area (Å²) >= 11 is 5.89. The van der Waals surface area contributed by atoms with Gasteiger partial charge in [-0.2, -0.15) is 0 Å². The number of carbonyl (C=O) groups is 2.